The van der Waals surface area contributed by atoms with E-state index < -0.39 is 12.0 Å². The van der Waals surface area contributed by atoms with Crippen LogP contribution in [0.25, 0.3) is 0 Å². The van der Waals surface area contributed by atoms with Crippen LogP contribution in [-0.4, -0.2) is 48.2 Å². The fourth-order valence-corrected chi connectivity index (χ4v) is 3.69. The lowest BCUT2D eigenvalue weighted by molar-refractivity contribution is -0.139. The van der Waals surface area contributed by atoms with Gasteiger partial charge in [0.15, 0.2) is 0 Å². The third-order valence-corrected chi connectivity index (χ3v) is 4.71. The highest BCUT2D eigenvalue weighted by Gasteiger charge is 2.33. The number of carboxylic acids is 1. The zero-order chi connectivity index (χ0) is 13.0. The number of hydrogen-bond acceptors (Lipinski definition) is 3. The van der Waals surface area contributed by atoms with Crippen molar-refractivity contribution in [3.63, 3.8) is 0 Å². The van der Waals surface area contributed by atoms with Crippen molar-refractivity contribution in [1.82, 2.24) is 10.2 Å². The maximum atomic E-state index is 11.0. The van der Waals surface area contributed by atoms with E-state index in [1.165, 1.54) is 38.5 Å². The molecular formula is C14H26N2O2. The normalized spacial score (nSPS) is 30.7. The van der Waals surface area contributed by atoms with E-state index in [4.69, 9.17) is 5.11 Å². The van der Waals surface area contributed by atoms with Gasteiger partial charge in [0.1, 0.15) is 6.04 Å². The number of fused-ring (bicyclic) bond motifs is 1. The first-order chi connectivity index (χ1) is 8.72. The third-order valence-electron chi connectivity index (χ3n) is 4.71. The highest BCUT2D eigenvalue weighted by molar-refractivity contribution is 5.73. The minimum Gasteiger partial charge on any atom is -0.480 e. The van der Waals surface area contributed by atoms with Crippen molar-refractivity contribution in [1.29, 1.82) is 0 Å². The fourth-order valence-electron chi connectivity index (χ4n) is 3.69. The molecule has 0 aromatic heterocycles. The number of piperidine rings is 1. The predicted octanol–water partition coefficient (Wildman–Crippen LogP) is 1.70. The van der Waals surface area contributed by atoms with Crippen LogP contribution in [0.4, 0.5) is 0 Å². The molecule has 18 heavy (non-hydrogen) atoms. The summed E-state index contributed by atoms with van der Waals surface area (Å²) in [6, 6.07) is 0.341. The molecule has 0 aromatic rings. The Balaban J connectivity index is 1.85. The Morgan fingerprint density at radius 3 is 2.78 bits per heavy atom. The van der Waals surface area contributed by atoms with Gasteiger partial charge >= 0.3 is 5.97 Å². The van der Waals surface area contributed by atoms with E-state index in [0.29, 0.717) is 0 Å². The molecule has 1 heterocycles. The molecule has 2 rings (SSSR count). The summed E-state index contributed by atoms with van der Waals surface area (Å²) in [4.78, 5) is 13.6. The minimum absolute atomic E-state index is 0.394. The largest absolute Gasteiger partial charge is 0.480 e. The Hall–Kier alpha value is -0.610. The van der Waals surface area contributed by atoms with Crippen LogP contribution in [0.5, 0.6) is 0 Å². The zero-order valence-electron chi connectivity index (χ0n) is 11.4. The molecule has 0 spiro atoms. The Bertz CT molecular complexity index is 281. The van der Waals surface area contributed by atoms with Gasteiger partial charge in [-0.3, -0.25) is 4.79 Å². The summed E-state index contributed by atoms with van der Waals surface area (Å²) < 4.78 is 0. The first-order valence-corrected chi connectivity index (χ1v) is 7.36. The van der Waals surface area contributed by atoms with Gasteiger partial charge in [0.2, 0.25) is 0 Å². The number of aliphatic carboxylic acids is 1. The quantitative estimate of drug-likeness (QED) is 0.784. The molecule has 2 fully saturated rings. The lowest BCUT2D eigenvalue weighted by Gasteiger charge is -2.44. The number of carboxylic acid groups (broad SMARTS) is 1. The Kier molecular flexibility index (Phi) is 5.01. The van der Waals surface area contributed by atoms with Crippen LogP contribution in [0.15, 0.2) is 0 Å². The van der Waals surface area contributed by atoms with Crippen LogP contribution in [0.2, 0.25) is 0 Å². The van der Waals surface area contributed by atoms with Gasteiger partial charge in [0, 0.05) is 12.6 Å². The molecule has 104 valence electrons. The SMILES string of the molecule is CNC(CCN1CCCC2CCCCC21)C(=O)O. The van der Waals surface area contributed by atoms with Crippen LogP contribution < -0.4 is 5.32 Å². The lowest BCUT2D eigenvalue weighted by atomic mass is 9.78. The lowest BCUT2D eigenvalue weighted by Crippen LogP contribution is -2.48. The first kappa shape index (κ1) is 13.8. The first-order valence-electron chi connectivity index (χ1n) is 7.36. The van der Waals surface area contributed by atoms with Gasteiger partial charge < -0.3 is 15.3 Å². The Morgan fingerprint density at radius 1 is 1.33 bits per heavy atom. The smallest absolute Gasteiger partial charge is 0.320 e. The highest BCUT2D eigenvalue weighted by atomic mass is 16.4. The van der Waals surface area contributed by atoms with Crippen LogP contribution in [-0.2, 0) is 4.79 Å². The topological polar surface area (TPSA) is 52.6 Å². The number of likely N-dealkylation sites (N-methyl/N-ethyl adjacent to an activating group) is 1. The Morgan fingerprint density at radius 2 is 2.06 bits per heavy atom. The number of nitrogens with one attached hydrogen (secondary N) is 1. The molecule has 3 atom stereocenters. The van der Waals surface area contributed by atoms with E-state index in [0.717, 1.165) is 31.5 Å². The van der Waals surface area contributed by atoms with Crippen molar-refractivity contribution in [3.05, 3.63) is 0 Å². The average molecular weight is 254 g/mol. The standard InChI is InChI=1S/C14H26N2O2/c1-15-12(14(17)18)8-10-16-9-4-6-11-5-2-3-7-13(11)16/h11-13,15H,2-10H2,1H3,(H,17,18). The van der Waals surface area contributed by atoms with Crippen molar-refractivity contribution in [2.45, 2.75) is 57.0 Å². The molecule has 1 aliphatic heterocycles. The van der Waals surface area contributed by atoms with E-state index in [-0.39, 0.29) is 0 Å². The van der Waals surface area contributed by atoms with Gasteiger partial charge in [-0.2, -0.15) is 0 Å². The third kappa shape index (κ3) is 3.23. The zero-order valence-corrected chi connectivity index (χ0v) is 11.4. The number of rotatable bonds is 5. The molecule has 4 nitrogen and oxygen atoms in total. The number of nitrogens with zero attached hydrogens (tertiary/aromatic N) is 1. The Labute approximate surface area is 110 Å². The van der Waals surface area contributed by atoms with Gasteiger partial charge in [-0.25, -0.2) is 0 Å². The summed E-state index contributed by atoms with van der Waals surface area (Å²) in [5.41, 5.74) is 0. The van der Waals surface area contributed by atoms with Crippen molar-refractivity contribution >= 4 is 5.97 Å². The van der Waals surface area contributed by atoms with Gasteiger partial charge in [-0.1, -0.05) is 12.8 Å². The van der Waals surface area contributed by atoms with E-state index in [9.17, 15) is 4.79 Å². The van der Waals surface area contributed by atoms with Gasteiger partial charge in [-0.15, -0.1) is 0 Å². The summed E-state index contributed by atoms with van der Waals surface area (Å²) in [5.74, 6) is 0.153. The van der Waals surface area contributed by atoms with E-state index in [2.05, 4.69) is 10.2 Å². The van der Waals surface area contributed by atoms with Crippen LogP contribution in [0.1, 0.15) is 44.9 Å². The molecule has 1 saturated carbocycles. The molecule has 0 radical (unpaired) electrons. The van der Waals surface area contributed by atoms with Crippen molar-refractivity contribution in [2.24, 2.45) is 5.92 Å². The molecule has 3 unspecified atom stereocenters. The monoisotopic (exact) mass is 254 g/mol. The second-order valence-corrected chi connectivity index (χ2v) is 5.76. The molecule has 4 heteroatoms. The second kappa shape index (κ2) is 6.53. The van der Waals surface area contributed by atoms with E-state index in [1.54, 1.807) is 7.05 Å². The molecule has 2 N–H and O–H groups in total. The molecular weight excluding hydrogens is 228 g/mol. The molecule has 2 aliphatic rings. The van der Waals surface area contributed by atoms with Crippen LogP contribution >= 0.6 is 0 Å². The van der Waals surface area contributed by atoms with E-state index >= 15 is 0 Å². The molecule has 0 aromatic carbocycles. The minimum atomic E-state index is -0.727. The summed E-state index contributed by atoms with van der Waals surface area (Å²) >= 11 is 0. The van der Waals surface area contributed by atoms with Gasteiger partial charge in [0.25, 0.3) is 0 Å². The maximum Gasteiger partial charge on any atom is 0.320 e. The fraction of sp³-hybridized carbons (Fsp3) is 0.929. The summed E-state index contributed by atoms with van der Waals surface area (Å²) in [6.07, 6.45) is 8.84. The highest BCUT2D eigenvalue weighted by Crippen LogP contribution is 2.35. The number of carbonyl (C=O) groups is 1. The van der Waals surface area contributed by atoms with Crippen LogP contribution in [0, 0.1) is 5.92 Å². The van der Waals surface area contributed by atoms with Gasteiger partial charge in [0.05, 0.1) is 0 Å². The summed E-state index contributed by atoms with van der Waals surface area (Å²) in [7, 11) is 1.73. The molecule has 1 aliphatic carbocycles. The van der Waals surface area contributed by atoms with E-state index in [1.807, 2.05) is 0 Å². The molecule has 0 bridgehead atoms. The average Bonchev–Trinajstić information content (AvgIpc) is 2.39. The van der Waals surface area contributed by atoms with Gasteiger partial charge in [-0.05, 0) is 51.6 Å². The van der Waals surface area contributed by atoms with Crippen LogP contribution in [0.3, 0.4) is 0 Å². The summed E-state index contributed by atoms with van der Waals surface area (Å²) in [6.45, 7) is 2.09. The predicted molar refractivity (Wildman–Crippen MR) is 71.7 cm³/mol. The number of hydrogen-bond donors (Lipinski definition) is 2. The molecule has 0 amide bonds. The summed E-state index contributed by atoms with van der Waals surface area (Å²) in [5, 5.41) is 11.9. The van der Waals surface area contributed by atoms with Crippen molar-refractivity contribution in [2.75, 3.05) is 20.1 Å². The van der Waals surface area contributed by atoms with Crippen molar-refractivity contribution < 1.29 is 9.90 Å². The maximum absolute atomic E-state index is 11.0. The second-order valence-electron chi connectivity index (χ2n) is 5.76. The van der Waals surface area contributed by atoms with Crippen molar-refractivity contribution in [3.8, 4) is 0 Å². The number of likely N-dealkylation sites (tertiary alicyclic amines) is 1. The molecule has 1 saturated heterocycles.